The van der Waals surface area contributed by atoms with E-state index in [1.807, 2.05) is 0 Å². The van der Waals surface area contributed by atoms with Gasteiger partial charge < -0.3 is 10.6 Å². The minimum Gasteiger partial charge on any atom is -0.352 e. The average molecular weight is 402 g/mol. The summed E-state index contributed by atoms with van der Waals surface area (Å²) in [6, 6.07) is 9.80. The number of hydrogen-bond acceptors (Lipinski definition) is 8. The predicted molar refractivity (Wildman–Crippen MR) is 108 cm³/mol. The van der Waals surface area contributed by atoms with Gasteiger partial charge in [-0.2, -0.15) is 0 Å². The van der Waals surface area contributed by atoms with Crippen LogP contribution in [-0.2, 0) is 5.75 Å². The van der Waals surface area contributed by atoms with Crippen LogP contribution >= 0.6 is 23.1 Å². The van der Waals surface area contributed by atoms with Crippen molar-refractivity contribution < 1.29 is 4.79 Å². The Hall–Kier alpha value is -2.72. The molecule has 0 atom stereocenters. The Balaban J connectivity index is 1.36. The third-order valence-electron chi connectivity index (χ3n) is 3.37. The second-order valence-electron chi connectivity index (χ2n) is 5.53. The summed E-state index contributed by atoms with van der Waals surface area (Å²) >= 11 is 2.95. The molecule has 0 bridgehead atoms. The van der Waals surface area contributed by atoms with Crippen molar-refractivity contribution in [2.45, 2.75) is 17.0 Å². The Bertz CT molecular complexity index is 855. The lowest BCUT2D eigenvalue weighted by Gasteiger charge is -2.06. The molecule has 1 aromatic carbocycles. The van der Waals surface area contributed by atoms with Gasteiger partial charge in [-0.05, 0) is 18.6 Å². The SMILES string of the molecule is Cc1ccc(CSc2nnc(NC(=O)NCCNc3ncccn3)s2)cc1. The van der Waals surface area contributed by atoms with E-state index in [0.29, 0.717) is 24.2 Å². The van der Waals surface area contributed by atoms with Crippen molar-refractivity contribution in [1.29, 1.82) is 0 Å². The first-order valence-electron chi connectivity index (χ1n) is 8.26. The molecule has 8 nitrogen and oxygen atoms in total. The number of carbonyl (C=O) groups excluding carboxylic acids is 1. The van der Waals surface area contributed by atoms with Crippen LogP contribution < -0.4 is 16.0 Å². The predicted octanol–water partition coefficient (Wildman–Crippen LogP) is 3.16. The molecular formula is C17H19N7OS2. The summed E-state index contributed by atoms with van der Waals surface area (Å²) in [6.45, 7) is 3.01. The summed E-state index contributed by atoms with van der Waals surface area (Å²) in [7, 11) is 0. The van der Waals surface area contributed by atoms with Crippen molar-refractivity contribution >= 4 is 40.2 Å². The van der Waals surface area contributed by atoms with Gasteiger partial charge in [-0.25, -0.2) is 14.8 Å². The first kappa shape index (κ1) is 19.1. The Morgan fingerprint density at radius 3 is 2.67 bits per heavy atom. The molecule has 27 heavy (non-hydrogen) atoms. The number of nitrogens with zero attached hydrogens (tertiary/aromatic N) is 4. The van der Waals surface area contributed by atoms with Crippen LogP contribution in [0.25, 0.3) is 0 Å². The molecule has 0 saturated carbocycles. The molecule has 0 fully saturated rings. The zero-order valence-corrected chi connectivity index (χ0v) is 16.3. The topological polar surface area (TPSA) is 105 Å². The Kier molecular flexibility index (Phi) is 6.94. The molecular weight excluding hydrogens is 382 g/mol. The van der Waals surface area contributed by atoms with Crippen LogP contribution in [0.5, 0.6) is 0 Å². The zero-order chi connectivity index (χ0) is 18.9. The first-order chi connectivity index (χ1) is 13.2. The number of aryl methyl sites for hydroxylation is 1. The van der Waals surface area contributed by atoms with E-state index in [-0.39, 0.29) is 6.03 Å². The van der Waals surface area contributed by atoms with Gasteiger partial charge in [0.15, 0.2) is 4.34 Å². The minimum atomic E-state index is -0.322. The largest absolute Gasteiger partial charge is 0.352 e. The smallest absolute Gasteiger partial charge is 0.321 e. The van der Waals surface area contributed by atoms with E-state index in [2.05, 4.69) is 67.3 Å². The summed E-state index contributed by atoms with van der Waals surface area (Å²) in [5, 5.41) is 17.0. The van der Waals surface area contributed by atoms with Gasteiger partial charge in [-0.3, -0.25) is 5.32 Å². The van der Waals surface area contributed by atoms with Gasteiger partial charge in [0.25, 0.3) is 0 Å². The Morgan fingerprint density at radius 2 is 1.89 bits per heavy atom. The monoisotopic (exact) mass is 401 g/mol. The lowest BCUT2D eigenvalue weighted by molar-refractivity contribution is 0.252. The fourth-order valence-corrected chi connectivity index (χ4v) is 3.73. The standard InChI is InChI=1S/C17H19N7OS2/c1-12-3-5-13(6-4-12)11-26-17-24-23-16(27-17)22-15(25)21-10-9-20-14-18-7-2-8-19-14/h2-8H,9-11H2,1H3,(H,18,19,20)(H2,21,22,23,25). The molecule has 2 aromatic heterocycles. The van der Waals surface area contributed by atoms with Gasteiger partial charge in [0, 0.05) is 31.2 Å². The summed E-state index contributed by atoms with van der Waals surface area (Å²) in [5.74, 6) is 1.34. The lowest BCUT2D eigenvalue weighted by atomic mass is 10.2. The van der Waals surface area contributed by atoms with Gasteiger partial charge in [0.1, 0.15) is 0 Å². The van der Waals surface area contributed by atoms with Crippen LogP contribution in [0.15, 0.2) is 47.1 Å². The molecule has 3 rings (SSSR count). The lowest BCUT2D eigenvalue weighted by Crippen LogP contribution is -2.32. The maximum absolute atomic E-state index is 11.9. The highest BCUT2D eigenvalue weighted by Crippen LogP contribution is 2.28. The number of hydrogen-bond donors (Lipinski definition) is 3. The summed E-state index contributed by atoms with van der Waals surface area (Å²) in [5.41, 5.74) is 2.46. The molecule has 10 heteroatoms. The molecule has 0 unspecified atom stereocenters. The molecule has 140 valence electrons. The number of thioether (sulfide) groups is 1. The number of anilines is 2. The highest BCUT2D eigenvalue weighted by molar-refractivity contribution is 8.00. The van der Waals surface area contributed by atoms with Gasteiger partial charge >= 0.3 is 6.03 Å². The second kappa shape index (κ2) is 9.83. The van der Waals surface area contributed by atoms with Crippen LogP contribution in [-0.4, -0.2) is 39.3 Å². The molecule has 2 amide bonds. The molecule has 3 aromatic rings. The van der Waals surface area contributed by atoms with E-state index in [1.165, 1.54) is 22.5 Å². The summed E-state index contributed by atoms with van der Waals surface area (Å²) < 4.78 is 0.814. The molecule has 0 saturated heterocycles. The van der Waals surface area contributed by atoms with Crippen LogP contribution in [0.4, 0.5) is 15.9 Å². The molecule has 0 aliphatic heterocycles. The number of benzene rings is 1. The van der Waals surface area contributed by atoms with Gasteiger partial charge in [0.05, 0.1) is 0 Å². The highest BCUT2D eigenvalue weighted by atomic mass is 32.2. The minimum absolute atomic E-state index is 0.322. The fraction of sp³-hybridized carbons (Fsp3) is 0.235. The van der Waals surface area contributed by atoms with Crippen molar-refractivity contribution in [3.05, 3.63) is 53.9 Å². The quantitative estimate of drug-likeness (QED) is 0.302. The number of rotatable bonds is 8. The molecule has 3 N–H and O–H groups in total. The molecule has 0 radical (unpaired) electrons. The van der Waals surface area contributed by atoms with Crippen molar-refractivity contribution in [3.8, 4) is 0 Å². The van der Waals surface area contributed by atoms with E-state index in [9.17, 15) is 4.79 Å². The van der Waals surface area contributed by atoms with E-state index in [4.69, 9.17) is 0 Å². The van der Waals surface area contributed by atoms with Gasteiger partial charge in [-0.15, -0.1) is 10.2 Å². The second-order valence-corrected chi connectivity index (χ2v) is 7.73. The van der Waals surface area contributed by atoms with Gasteiger partial charge in [0.2, 0.25) is 11.1 Å². The average Bonchev–Trinajstić information content (AvgIpc) is 3.13. The number of aromatic nitrogens is 4. The first-order valence-corrected chi connectivity index (χ1v) is 10.1. The number of nitrogens with one attached hydrogen (secondary N) is 3. The Labute approximate surface area is 165 Å². The van der Waals surface area contributed by atoms with Crippen molar-refractivity contribution in [3.63, 3.8) is 0 Å². The summed E-state index contributed by atoms with van der Waals surface area (Å²) in [6.07, 6.45) is 3.30. The highest BCUT2D eigenvalue weighted by Gasteiger charge is 2.08. The third kappa shape index (κ3) is 6.50. The fourth-order valence-electron chi connectivity index (χ4n) is 2.03. The van der Waals surface area contributed by atoms with Crippen LogP contribution in [0.1, 0.15) is 11.1 Å². The van der Waals surface area contributed by atoms with Crippen molar-refractivity contribution in [2.24, 2.45) is 0 Å². The molecule has 0 spiro atoms. The maximum Gasteiger partial charge on any atom is 0.321 e. The van der Waals surface area contributed by atoms with Gasteiger partial charge in [-0.1, -0.05) is 52.9 Å². The van der Waals surface area contributed by atoms with E-state index >= 15 is 0 Å². The molecule has 2 heterocycles. The van der Waals surface area contributed by atoms with Crippen molar-refractivity contribution in [1.82, 2.24) is 25.5 Å². The van der Waals surface area contributed by atoms with E-state index < -0.39 is 0 Å². The summed E-state index contributed by atoms with van der Waals surface area (Å²) in [4.78, 5) is 20.0. The van der Waals surface area contributed by atoms with E-state index in [0.717, 1.165) is 10.1 Å². The van der Waals surface area contributed by atoms with E-state index in [1.54, 1.807) is 30.2 Å². The number of urea groups is 1. The number of amides is 2. The molecule has 0 aliphatic rings. The maximum atomic E-state index is 11.9. The van der Waals surface area contributed by atoms with Crippen molar-refractivity contribution in [2.75, 3.05) is 23.7 Å². The van der Waals surface area contributed by atoms with Crippen LogP contribution in [0, 0.1) is 6.92 Å². The zero-order valence-electron chi connectivity index (χ0n) is 14.7. The Morgan fingerprint density at radius 1 is 1.11 bits per heavy atom. The van der Waals surface area contributed by atoms with Crippen LogP contribution in [0.2, 0.25) is 0 Å². The van der Waals surface area contributed by atoms with Crippen LogP contribution in [0.3, 0.4) is 0 Å². The third-order valence-corrected chi connectivity index (χ3v) is 5.41. The number of carbonyl (C=O) groups is 1. The normalized spacial score (nSPS) is 10.4. The molecule has 0 aliphatic carbocycles.